The fourth-order valence-electron chi connectivity index (χ4n) is 2.57. The molecular weight excluding hydrogens is 360 g/mol. The van der Waals surface area contributed by atoms with Gasteiger partial charge in [-0.2, -0.15) is 0 Å². The summed E-state index contributed by atoms with van der Waals surface area (Å²) < 4.78 is 0. The van der Waals surface area contributed by atoms with Crippen molar-refractivity contribution in [1.82, 2.24) is 0 Å². The highest BCUT2D eigenvalue weighted by molar-refractivity contribution is 4.80. The monoisotopic (exact) mass is 431 g/mol. The first-order valence-electron chi connectivity index (χ1n) is 13.5. The van der Waals surface area contributed by atoms with Gasteiger partial charge >= 0.3 is 0 Å². The van der Waals surface area contributed by atoms with Gasteiger partial charge in [-0.3, -0.25) is 0 Å². The minimum atomic E-state index is 0.833. The molecule has 0 nitrogen and oxygen atoms in total. The molecule has 0 spiro atoms. The lowest BCUT2D eigenvalue weighted by molar-refractivity contribution is 0.209. The number of rotatable bonds is 0. The molecule has 1 rings (SSSR count). The molecule has 1 saturated carbocycles. The van der Waals surface area contributed by atoms with Crippen LogP contribution >= 0.6 is 0 Å². The molecule has 0 heteroatoms. The van der Waals surface area contributed by atoms with Gasteiger partial charge in [0.15, 0.2) is 0 Å². The first-order chi connectivity index (χ1) is 13.5. The van der Waals surface area contributed by atoms with Gasteiger partial charge in [0.05, 0.1) is 0 Å². The second-order valence-corrected chi connectivity index (χ2v) is 12.0. The molecule has 1 aliphatic rings. The van der Waals surface area contributed by atoms with Crippen molar-refractivity contribution in [3.63, 3.8) is 0 Å². The molecule has 0 N–H and O–H groups in total. The van der Waals surface area contributed by atoms with Crippen LogP contribution in [0.15, 0.2) is 0 Å². The van der Waals surface area contributed by atoms with Gasteiger partial charge in [0.2, 0.25) is 0 Å². The van der Waals surface area contributed by atoms with Crippen LogP contribution in [-0.4, -0.2) is 0 Å². The average Bonchev–Trinajstić information content (AvgIpc) is 2.63. The third kappa shape index (κ3) is 46.3. The molecule has 0 saturated heterocycles. The first kappa shape index (κ1) is 40.4. The second kappa shape index (κ2) is 27.0. The van der Waals surface area contributed by atoms with Gasteiger partial charge in [0.1, 0.15) is 0 Å². The van der Waals surface area contributed by atoms with E-state index in [1.807, 2.05) is 13.8 Å². The molecule has 30 heavy (non-hydrogen) atoms. The maximum absolute atomic E-state index is 2.44. The summed E-state index contributed by atoms with van der Waals surface area (Å²) in [5.74, 6) is 7.96. The van der Waals surface area contributed by atoms with E-state index in [9.17, 15) is 0 Å². The summed E-state index contributed by atoms with van der Waals surface area (Å²) in [6.07, 6.45) is 2.88. The van der Waals surface area contributed by atoms with Crippen molar-refractivity contribution >= 4 is 0 Å². The number of hydrogen-bond donors (Lipinski definition) is 0. The van der Waals surface area contributed by atoms with Crippen LogP contribution in [0.3, 0.4) is 0 Å². The summed E-state index contributed by atoms with van der Waals surface area (Å²) in [6.45, 7) is 42.2. The summed E-state index contributed by atoms with van der Waals surface area (Å²) in [5, 5.41) is 0. The first-order valence-corrected chi connectivity index (χ1v) is 13.5. The van der Waals surface area contributed by atoms with Gasteiger partial charge in [-0.1, -0.05) is 144 Å². The maximum Gasteiger partial charge on any atom is -0.0386 e. The number of hydrogen-bond acceptors (Lipinski definition) is 0. The van der Waals surface area contributed by atoms with E-state index in [1.54, 1.807) is 0 Å². The molecule has 0 aliphatic heterocycles. The summed E-state index contributed by atoms with van der Waals surface area (Å²) in [5.41, 5.74) is 0. The Hall–Kier alpha value is 0. The van der Waals surface area contributed by atoms with E-state index in [4.69, 9.17) is 0 Å². The van der Waals surface area contributed by atoms with Crippen LogP contribution in [0.25, 0.3) is 0 Å². The van der Waals surface area contributed by atoms with E-state index >= 15 is 0 Å². The van der Waals surface area contributed by atoms with Crippen LogP contribution in [0, 0.1) is 53.3 Å². The van der Waals surface area contributed by atoms with Crippen LogP contribution in [0.5, 0.6) is 0 Å². The Bertz CT molecular complexity index is 223. The smallest absolute Gasteiger partial charge is 0.0386 e. The van der Waals surface area contributed by atoms with Crippen molar-refractivity contribution in [1.29, 1.82) is 0 Å². The van der Waals surface area contributed by atoms with Gasteiger partial charge in [-0.25, -0.2) is 0 Å². The molecule has 0 aromatic rings. The third-order valence-electron chi connectivity index (χ3n) is 4.53. The molecule has 190 valence electrons. The van der Waals surface area contributed by atoms with Crippen LogP contribution < -0.4 is 0 Å². The summed E-state index contributed by atoms with van der Waals surface area (Å²) in [7, 11) is 0. The van der Waals surface area contributed by atoms with Gasteiger partial charge in [-0.15, -0.1) is 0 Å². The van der Waals surface area contributed by atoms with E-state index in [0.29, 0.717) is 0 Å². The molecular formula is C30H70. The van der Waals surface area contributed by atoms with Gasteiger partial charge < -0.3 is 0 Å². The van der Waals surface area contributed by atoms with Crippen LogP contribution in [0.4, 0.5) is 0 Å². The highest BCUT2D eigenvalue weighted by Crippen LogP contribution is 2.39. The van der Waals surface area contributed by atoms with E-state index in [2.05, 4.69) is 118 Å². The van der Waals surface area contributed by atoms with Crippen molar-refractivity contribution in [3.05, 3.63) is 0 Å². The summed E-state index contributed by atoms with van der Waals surface area (Å²) in [4.78, 5) is 0. The minimum absolute atomic E-state index is 0.833. The molecule has 1 aliphatic carbocycles. The minimum Gasteiger partial charge on any atom is -0.0683 e. The Kier molecular flexibility index (Phi) is 36.4. The quantitative estimate of drug-likeness (QED) is 0.335. The lowest BCUT2D eigenvalue weighted by atomic mass is 9.77. The highest BCUT2D eigenvalue weighted by atomic mass is 14.4. The molecule has 0 aromatic heterocycles. The zero-order valence-electron chi connectivity index (χ0n) is 25.6. The van der Waals surface area contributed by atoms with Crippen molar-refractivity contribution in [3.8, 4) is 0 Å². The molecule has 0 radical (unpaired) electrons. The molecule has 0 aromatic carbocycles. The fraction of sp³-hybridized carbons (Fsp3) is 1.00. The Labute approximate surface area is 197 Å². The van der Waals surface area contributed by atoms with Gasteiger partial charge in [-0.05, 0) is 53.3 Å². The molecule has 0 heterocycles. The highest BCUT2D eigenvalue weighted by Gasteiger charge is 2.30. The Morgan fingerprint density at radius 3 is 0.633 bits per heavy atom. The fourth-order valence-corrected chi connectivity index (χ4v) is 2.57. The lowest BCUT2D eigenvalue weighted by Gasteiger charge is -2.28. The lowest BCUT2D eigenvalue weighted by Crippen LogP contribution is -2.21. The summed E-state index contributed by atoms with van der Waals surface area (Å²) in [6, 6.07) is 0. The van der Waals surface area contributed by atoms with Crippen molar-refractivity contribution in [2.24, 2.45) is 53.3 Å². The molecule has 0 amide bonds. The van der Waals surface area contributed by atoms with E-state index in [-0.39, 0.29) is 0 Å². The SMILES string of the molecule is CC.CC(C)C.CC(C)C.CC(C)C.CC(C)C.CC1CCC(C)C(C)C(C)C1C. The van der Waals surface area contributed by atoms with Gasteiger partial charge in [0.25, 0.3) is 0 Å². The van der Waals surface area contributed by atoms with Crippen LogP contribution in [-0.2, 0) is 0 Å². The normalized spacial score (nSPS) is 25.1. The predicted octanol–water partition coefficient (Wildman–Crippen LogP) is 11.6. The van der Waals surface area contributed by atoms with Crippen LogP contribution in [0.2, 0.25) is 0 Å². The largest absolute Gasteiger partial charge is 0.0683 e. The molecule has 4 unspecified atom stereocenters. The molecule has 4 atom stereocenters. The second-order valence-electron chi connectivity index (χ2n) is 12.0. The molecule has 1 fully saturated rings. The van der Waals surface area contributed by atoms with Crippen molar-refractivity contribution in [2.45, 2.75) is 144 Å². The summed E-state index contributed by atoms with van der Waals surface area (Å²) >= 11 is 0. The maximum atomic E-state index is 2.44. The van der Waals surface area contributed by atoms with Crippen molar-refractivity contribution < 1.29 is 0 Å². The Balaban J connectivity index is -0.0000000970. The van der Waals surface area contributed by atoms with Gasteiger partial charge in [0, 0.05) is 0 Å². The Morgan fingerprint density at radius 1 is 0.367 bits per heavy atom. The van der Waals surface area contributed by atoms with Crippen LogP contribution in [0.1, 0.15) is 144 Å². The van der Waals surface area contributed by atoms with E-state index < -0.39 is 0 Å². The zero-order valence-corrected chi connectivity index (χ0v) is 25.6. The topological polar surface area (TPSA) is 0 Å². The molecule has 0 bridgehead atoms. The van der Waals surface area contributed by atoms with Crippen molar-refractivity contribution in [2.75, 3.05) is 0 Å². The standard InChI is InChI=1S/C12H24.4C4H10.C2H6/c1-8-6-7-9(2)11(4)12(5)10(8)3;4*1-4(2)3;1-2/h8-12H,6-7H2,1-5H3;4*4H,1-3H3;1-2H3. The van der Waals surface area contributed by atoms with E-state index in [0.717, 1.165) is 53.3 Å². The third-order valence-corrected chi connectivity index (χ3v) is 4.53. The zero-order chi connectivity index (χ0) is 25.6. The average molecular weight is 431 g/mol. The van der Waals surface area contributed by atoms with E-state index in [1.165, 1.54) is 12.8 Å². The Morgan fingerprint density at radius 2 is 0.500 bits per heavy atom. The predicted molar refractivity (Wildman–Crippen MR) is 148 cm³/mol.